The number of nitrogens with zero attached hydrogens (tertiary/aromatic N) is 2. The van der Waals surface area contributed by atoms with Crippen LogP contribution < -0.4 is 0 Å². The molecule has 0 aromatic heterocycles. The van der Waals surface area contributed by atoms with Crippen LogP contribution in [0.15, 0.2) is 0 Å². The Hall–Kier alpha value is -1.14. The molecule has 0 aromatic rings. The SMILES string of the molecule is CC(=O)OCC(=O)N1CCN(CCO)CC1. The monoisotopic (exact) mass is 230 g/mol. The van der Waals surface area contributed by atoms with Gasteiger partial charge in [0.15, 0.2) is 6.61 Å². The summed E-state index contributed by atoms with van der Waals surface area (Å²) in [5.74, 6) is -0.592. The zero-order valence-corrected chi connectivity index (χ0v) is 9.52. The fourth-order valence-electron chi connectivity index (χ4n) is 1.62. The number of esters is 1. The van der Waals surface area contributed by atoms with Crippen LogP contribution in [0.5, 0.6) is 0 Å². The van der Waals surface area contributed by atoms with Crippen molar-refractivity contribution in [2.75, 3.05) is 45.9 Å². The first kappa shape index (κ1) is 12.9. The summed E-state index contributed by atoms with van der Waals surface area (Å²) in [6.07, 6.45) is 0. The number of β-amino-alcohol motifs (C(OH)–C–C–N with tert-alkyl or cyclic N) is 1. The van der Waals surface area contributed by atoms with Crippen molar-refractivity contribution in [2.45, 2.75) is 6.92 Å². The van der Waals surface area contributed by atoms with Gasteiger partial charge in [-0.1, -0.05) is 0 Å². The number of aliphatic hydroxyl groups is 1. The van der Waals surface area contributed by atoms with Crippen LogP contribution in [0.2, 0.25) is 0 Å². The van der Waals surface area contributed by atoms with E-state index in [-0.39, 0.29) is 19.1 Å². The zero-order chi connectivity index (χ0) is 12.0. The minimum absolute atomic E-state index is 0.140. The third kappa shape index (κ3) is 4.16. The molecule has 0 radical (unpaired) electrons. The van der Waals surface area contributed by atoms with Gasteiger partial charge in [-0.05, 0) is 0 Å². The smallest absolute Gasteiger partial charge is 0.303 e. The third-order valence-electron chi connectivity index (χ3n) is 2.54. The predicted molar refractivity (Wildman–Crippen MR) is 56.7 cm³/mol. The predicted octanol–water partition coefficient (Wildman–Crippen LogP) is -1.31. The van der Waals surface area contributed by atoms with Gasteiger partial charge in [0.2, 0.25) is 0 Å². The van der Waals surface area contributed by atoms with Crippen molar-refractivity contribution in [3.63, 3.8) is 0 Å². The van der Waals surface area contributed by atoms with Gasteiger partial charge < -0.3 is 14.7 Å². The molecule has 0 spiro atoms. The number of piperazine rings is 1. The lowest BCUT2D eigenvalue weighted by molar-refractivity contribution is -0.151. The molecule has 6 heteroatoms. The summed E-state index contributed by atoms with van der Waals surface area (Å²) in [5.41, 5.74) is 0. The number of hydrogen-bond donors (Lipinski definition) is 1. The lowest BCUT2D eigenvalue weighted by Crippen LogP contribution is -2.50. The Balaban J connectivity index is 2.24. The molecule has 0 saturated carbocycles. The Labute approximate surface area is 94.8 Å². The van der Waals surface area contributed by atoms with Crippen LogP contribution in [0.3, 0.4) is 0 Å². The van der Waals surface area contributed by atoms with E-state index in [0.29, 0.717) is 19.6 Å². The Kier molecular flexibility index (Phi) is 5.21. The van der Waals surface area contributed by atoms with Gasteiger partial charge in [0.25, 0.3) is 5.91 Å². The molecule has 0 bridgehead atoms. The molecular formula is C10H18N2O4. The number of rotatable bonds is 4. The summed E-state index contributed by atoms with van der Waals surface area (Å²) in [4.78, 5) is 25.9. The van der Waals surface area contributed by atoms with Crippen molar-refractivity contribution in [2.24, 2.45) is 0 Å². The first-order chi connectivity index (χ1) is 7.63. The lowest BCUT2D eigenvalue weighted by Gasteiger charge is -2.34. The van der Waals surface area contributed by atoms with Crippen molar-refractivity contribution < 1.29 is 19.4 Å². The molecule has 1 heterocycles. The highest BCUT2D eigenvalue weighted by atomic mass is 16.5. The van der Waals surface area contributed by atoms with Crippen LogP contribution >= 0.6 is 0 Å². The molecule has 1 fully saturated rings. The summed E-state index contributed by atoms with van der Waals surface area (Å²) in [5, 5.41) is 8.76. The van der Waals surface area contributed by atoms with Gasteiger partial charge in [-0.15, -0.1) is 0 Å². The van der Waals surface area contributed by atoms with Crippen LogP contribution in [0.25, 0.3) is 0 Å². The van der Waals surface area contributed by atoms with Gasteiger partial charge in [0, 0.05) is 39.6 Å². The molecular weight excluding hydrogens is 212 g/mol. The highest BCUT2D eigenvalue weighted by molar-refractivity contribution is 5.80. The van der Waals surface area contributed by atoms with E-state index in [1.165, 1.54) is 6.92 Å². The van der Waals surface area contributed by atoms with Crippen molar-refractivity contribution in [1.29, 1.82) is 0 Å². The molecule has 0 aliphatic carbocycles. The van der Waals surface area contributed by atoms with E-state index >= 15 is 0 Å². The summed E-state index contributed by atoms with van der Waals surface area (Å²) in [7, 11) is 0. The number of hydrogen-bond acceptors (Lipinski definition) is 5. The van der Waals surface area contributed by atoms with Gasteiger partial charge in [-0.25, -0.2) is 0 Å². The molecule has 1 N–H and O–H groups in total. The Morgan fingerprint density at radius 1 is 1.25 bits per heavy atom. The van der Waals surface area contributed by atoms with Gasteiger partial charge in [-0.2, -0.15) is 0 Å². The minimum atomic E-state index is -0.438. The van der Waals surface area contributed by atoms with E-state index in [2.05, 4.69) is 9.64 Å². The third-order valence-corrected chi connectivity index (χ3v) is 2.54. The summed E-state index contributed by atoms with van der Waals surface area (Å²) < 4.78 is 4.65. The Bertz CT molecular complexity index is 249. The number of aliphatic hydroxyl groups excluding tert-OH is 1. The molecule has 1 aliphatic rings. The largest absolute Gasteiger partial charge is 0.456 e. The second kappa shape index (κ2) is 6.44. The molecule has 0 unspecified atom stereocenters. The van der Waals surface area contributed by atoms with Crippen LogP contribution in [-0.2, 0) is 14.3 Å². The quantitative estimate of drug-likeness (QED) is 0.607. The topological polar surface area (TPSA) is 70.1 Å². The van der Waals surface area contributed by atoms with Gasteiger partial charge >= 0.3 is 5.97 Å². The molecule has 6 nitrogen and oxygen atoms in total. The van der Waals surface area contributed by atoms with Gasteiger partial charge in [0.1, 0.15) is 0 Å². The lowest BCUT2D eigenvalue weighted by atomic mass is 10.3. The van der Waals surface area contributed by atoms with E-state index in [1.54, 1.807) is 4.90 Å². The Morgan fingerprint density at radius 2 is 1.88 bits per heavy atom. The molecule has 0 atom stereocenters. The average molecular weight is 230 g/mol. The Morgan fingerprint density at radius 3 is 2.38 bits per heavy atom. The second-order valence-electron chi connectivity index (χ2n) is 3.73. The highest BCUT2D eigenvalue weighted by Gasteiger charge is 2.20. The molecule has 1 rings (SSSR count). The molecule has 0 aromatic carbocycles. The van der Waals surface area contributed by atoms with Crippen molar-refractivity contribution in [3.05, 3.63) is 0 Å². The first-order valence-corrected chi connectivity index (χ1v) is 5.38. The maximum absolute atomic E-state index is 11.5. The van der Waals surface area contributed by atoms with E-state index in [0.717, 1.165) is 13.1 Å². The van der Waals surface area contributed by atoms with E-state index in [1.807, 2.05) is 0 Å². The maximum atomic E-state index is 11.5. The van der Waals surface area contributed by atoms with Crippen LogP contribution in [0.1, 0.15) is 6.92 Å². The average Bonchev–Trinajstić information content (AvgIpc) is 2.27. The molecule has 1 saturated heterocycles. The molecule has 1 amide bonds. The van der Waals surface area contributed by atoms with Crippen molar-refractivity contribution >= 4 is 11.9 Å². The molecule has 16 heavy (non-hydrogen) atoms. The number of ether oxygens (including phenoxy) is 1. The van der Waals surface area contributed by atoms with Gasteiger partial charge in [-0.3, -0.25) is 14.5 Å². The van der Waals surface area contributed by atoms with Crippen LogP contribution in [0.4, 0.5) is 0 Å². The number of carbonyl (C=O) groups excluding carboxylic acids is 2. The second-order valence-corrected chi connectivity index (χ2v) is 3.73. The molecule has 1 aliphatic heterocycles. The van der Waals surface area contributed by atoms with Crippen LogP contribution in [0, 0.1) is 0 Å². The summed E-state index contributed by atoms with van der Waals surface area (Å²) in [6, 6.07) is 0. The molecule has 92 valence electrons. The maximum Gasteiger partial charge on any atom is 0.303 e. The van der Waals surface area contributed by atoms with Gasteiger partial charge in [0.05, 0.1) is 6.61 Å². The summed E-state index contributed by atoms with van der Waals surface area (Å²) >= 11 is 0. The number of carbonyl (C=O) groups is 2. The standard InChI is InChI=1S/C10H18N2O4/c1-9(14)16-8-10(15)12-4-2-11(3-5-12)6-7-13/h13H,2-8H2,1H3. The minimum Gasteiger partial charge on any atom is -0.456 e. The normalized spacial score (nSPS) is 17.2. The summed E-state index contributed by atoms with van der Waals surface area (Å²) in [6.45, 7) is 4.66. The van der Waals surface area contributed by atoms with E-state index < -0.39 is 5.97 Å². The van der Waals surface area contributed by atoms with E-state index in [4.69, 9.17) is 5.11 Å². The van der Waals surface area contributed by atoms with E-state index in [9.17, 15) is 9.59 Å². The fourth-order valence-corrected chi connectivity index (χ4v) is 1.62. The zero-order valence-electron chi connectivity index (χ0n) is 9.52. The number of amides is 1. The van der Waals surface area contributed by atoms with Crippen molar-refractivity contribution in [3.8, 4) is 0 Å². The van der Waals surface area contributed by atoms with Crippen molar-refractivity contribution in [1.82, 2.24) is 9.80 Å². The van der Waals surface area contributed by atoms with Crippen LogP contribution in [-0.4, -0.2) is 72.7 Å². The first-order valence-electron chi connectivity index (χ1n) is 5.38. The highest BCUT2D eigenvalue weighted by Crippen LogP contribution is 2.01. The fraction of sp³-hybridized carbons (Fsp3) is 0.800.